The summed E-state index contributed by atoms with van der Waals surface area (Å²) in [7, 11) is -9.74. The van der Waals surface area contributed by atoms with Gasteiger partial charge in [0.1, 0.15) is 4.90 Å². The van der Waals surface area contributed by atoms with E-state index >= 15 is 0 Å². The predicted octanol–water partition coefficient (Wildman–Crippen LogP) is 7.12. The molecule has 188 valence electrons. The van der Waals surface area contributed by atoms with Gasteiger partial charge in [-0.15, -0.1) is 0 Å². The Morgan fingerprint density at radius 3 is 2.03 bits per heavy atom. The molecular weight excluding hydrogens is 492 g/mol. The lowest BCUT2D eigenvalue weighted by atomic mass is 10.1. The maximum absolute atomic E-state index is 13.1. The Labute approximate surface area is 191 Å². The molecule has 12 heteroatoms. The molecule has 0 spiro atoms. The molecule has 1 unspecified atom stereocenters. The molecule has 2 aromatic rings. The molecule has 2 aromatic carbocycles. The van der Waals surface area contributed by atoms with Crippen LogP contribution in [-0.4, -0.2) is 37.0 Å². The van der Waals surface area contributed by atoms with Gasteiger partial charge in [-0.1, -0.05) is 37.6 Å². The number of benzene rings is 2. The highest BCUT2D eigenvalue weighted by Gasteiger charge is 2.65. The van der Waals surface area contributed by atoms with Gasteiger partial charge in [0, 0.05) is 37.8 Å². The molecule has 3 nitrogen and oxygen atoms in total. The van der Waals surface area contributed by atoms with Crippen molar-refractivity contribution in [2.24, 2.45) is 5.92 Å². The van der Waals surface area contributed by atoms with E-state index in [4.69, 9.17) is 0 Å². The highest BCUT2D eigenvalue weighted by atomic mass is 32.5. The lowest BCUT2D eigenvalue weighted by Crippen LogP contribution is -2.49. The van der Waals surface area contributed by atoms with Gasteiger partial charge in [-0.25, -0.2) is 0 Å². The number of aryl methyl sites for hydroxylation is 1. The molecule has 1 heterocycles. The van der Waals surface area contributed by atoms with E-state index in [-0.39, 0.29) is 11.8 Å². The average molecular weight is 514 g/mol. The summed E-state index contributed by atoms with van der Waals surface area (Å²) in [5.74, 6) is -0.987. The van der Waals surface area contributed by atoms with Crippen LogP contribution in [0, 0.1) is 12.8 Å². The van der Waals surface area contributed by atoms with Crippen LogP contribution in [0.2, 0.25) is 0 Å². The number of carbonyl (C=O) groups excluding carboxylic acids is 1. The van der Waals surface area contributed by atoms with Crippen molar-refractivity contribution in [2.75, 3.05) is 31.1 Å². The average Bonchev–Trinajstić information content (AvgIpc) is 3.52. The van der Waals surface area contributed by atoms with E-state index in [1.165, 1.54) is 6.07 Å². The standard InChI is InChI=1S/C22H22F8N2OS/c1-14-2-5-16(22(23,24)25)12-20(14)31-8-10-32(11-9-31)21(33)19-13-18(19)15-3-6-17(7-4-15)34(26,27,28,29)30/h2-7,12,18-19H,8-11,13H2,1H3/t18-,19?/m0/s1. The lowest BCUT2D eigenvalue weighted by Gasteiger charge is -2.40. The number of hydrogen-bond donors (Lipinski definition) is 0. The summed E-state index contributed by atoms with van der Waals surface area (Å²) < 4.78 is 104. The summed E-state index contributed by atoms with van der Waals surface area (Å²) in [6, 6.07) is 6.21. The highest BCUT2D eigenvalue weighted by molar-refractivity contribution is 8.45. The molecule has 4 rings (SSSR count). The number of alkyl halides is 3. The first-order valence-corrected chi connectivity index (χ1v) is 12.4. The zero-order valence-corrected chi connectivity index (χ0v) is 18.8. The smallest absolute Gasteiger partial charge is 0.368 e. The normalized spacial score (nSPS) is 23.3. The Morgan fingerprint density at radius 2 is 1.50 bits per heavy atom. The Bertz CT molecular complexity index is 1110. The summed E-state index contributed by atoms with van der Waals surface area (Å²) in [4.78, 5) is 14.2. The summed E-state index contributed by atoms with van der Waals surface area (Å²) in [5.41, 5.74) is 0.783. The molecule has 34 heavy (non-hydrogen) atoms. The number of amides is 1. The van der Waals surface area contributed by atoms with Gasteiger partial charge in [0.25, 0.3) is 0 Å². The van der Waals surface area contributed by atoms with Crippen molar-refractivity contribution in [3.63, 3.8) is 0 Å². The number of rotatable bonds is 4. The topological polar surface area (TPSA) is 23.6 Å². The molecular formula is C22H22F8N2OS. The van der Waals surface area contributed by atoms with Crippen LogP contribution in [0.5, 0.6) is 0 Å². The quantitative estimate of drug-likeness (QED) is 0.406. The zero-order chi connectivity index (χ0) is 25.2. The highest BCUT2D eigenvalue weighted by Crippen LogP contribution is 3.02. The van der Waals surface area contributed by atoms with E-state index in [2.05, 4.69) is 0 Å². The fourth-order valence-electron chi connectivity index (χ4n) is 4.34. The minimum Gasteiger partial charge on any atom is -0.368 e. The summed E-state index contributed by atoms with van der Waals surface area (Å²) in [6.07, 6.45) is -4.06. The Kier molecular flexibility index (Phi) is 5.25. The van der Waals surface area contributed by atoms with Crippen molar-refractivity contribution >= 4 is 21.8 Å². The third kappa shape index (κ3) is 5.11. The maximum Gasteiger partial charge on any atom is 0.416 e. The summed E-state index contributed by atoms with van der Waals surface area (Å²) in [5, 5.41) is 0. The van der Waals surface area contributed by atoms with Crippen molar-refractivity contribution in [3.8, 4) is 0 Å². The molecule has 1 aliphatic heterocycles. The van der Waals surface area contributed by atoms with Crippen LogP contribution in [0.3, 0.4) is 0 Å². The number of anilines is 1. The molecule has 1 saturated carbocycles. The van der Waals surface area contributed by atoms with Crippen LogP contribution in [0.25, 0.3) is 0 Å². The van der Waals surface area contributed by atoms with Crippen LogP contribution in [0.4, 0.5) is 38.3 Å². The fourth-order valence-corrected chi connectivity index (χ4v) is 4.99. The molecule has 2 atom stereocenters. The minimum absolute atomic E-state index is 0.192. The van der Waals surface area contributed by atoms with E-state index in [9.17, 15) is 37.4 Å². The van der Waals surface area contributed by atoms with Crippen molar-refractivity contribution in [3.05, 3.63) is 59.2 Å². The molecule has 0 bridgehead atoms. The third-order valence-corrected chi connectivity index (χ3v) is 7.49. The predicted molar refractivity (Wildman–Crippen MR) is 114 cm³/mol. The molecule has 0 aromatic heterocycles. The second-order valence-corrected chi connectivity index (χ2v) is 11.2. The van der Waals surface area contributed by atoms with E-state index in [0.29, 0.717) is 61.5 Å². The van der Waals surface area contributed by atoms with Gasteiger partial charge in [0.15, 0.2) is 0 Å². The molecule has 0 N–H and O–H groups in total. The van der Waals surface area contributed by atoms with Crippen molar-refractivity contribution in [1.82, 2.24) is 4.90 Å². The monoisotopic (exact) mass is 514 g/mol. The first-order chi connectivity index (χ1) is 15.4. The fraction of sp³-hybridized carbons (Fsp3) is 0.409. The molecule has 2 fully saturated rings. The molecule has 0 radical (unpaired) electrons. The molecule has 1 amide bonds. The number of carbonyl (C=O) groups is 1. The van der Waals surface area contributed by atoms with Gasteiger partial charge in [0.05, 0.1) is 5.56 Å². The third-order valence-electron chi connectivity index (χ3n) is 6.33. The molecule has 1 aliphatic carbocycles. The minimum atomic E-state index is -9.74. The SMILES string of the molecule is Cc1ccc(C(F)(F)F)cc1N1CCN(C(=O)C2C[C@H]2c2ccc(S(F)(F)(F)(F)F)cc2)CC1. The van der Waals surface area contributed by atoms with Gasteiger partial charge in [-0.3, -0.25) is 4.79 Å². The van der Waals surface area contributed by atoms with Gasteiger partial charge in [-0.2, -0.15) is 13.2 Å². The number of halogens is 8. The number of piperazine rings is 1. The largest absolute Gasteiger partial charge is 0.416 e. The second-order valence-electron chi connectivity index (χ2n) is 8.80. The first-order valence-electron chi connectivity index (χ1n) is 10.5. The van der Waals surface area contributed by atoms with Crippen LogP contribution in [0.1, 0.15) is 29.0 Å². The zero-order valence-electron chi connectivity index (χ0n) is 18.0. The summed E-state index contributed by atoms with van der Waals surface area (Å²) in [6.45, 7) is 2.97. The van der Waals surface area contributed by atoms with Crippen LogP contribution >= 0.6 is 10.2 Å². The molecule has 1 saturated heterocycles. The van der Waals surface area contributed by atoms with Crippen LogP contribution < -0.4 is 4.90 Å². The Balaban J connectivity index is 1.37. The maximum atomic E-state index is 13.1. The van der Waals surface area contributed by atoms with Crippen LogP contribution in [-0.2, 0) is 11.0 Å². The van der Waals surface area contributed by atoms with Gasteiger partial charge >= 0.3 is 16.4 Å². The number of nitrogens with zero attached hydrogens (tertiary/aromatic N) is 2. The number of hydrogen-bond acceptors (Lipinski definition) is 2. The lowest BCUT2D eigenvalue weighted by molar-refractivity contribution is -0.137. The first kappa shape index (κ1) is 24.6. The Hall–Kier alpha value is -2.50. The van der Waals surface area contributed by atoms with E-state index < -0.39 is 32.8 Å². The van der Waals surface area contributed by atoms with Gasteiger partial charge in [0.2, 0.25) is 5.91 Å². The summed E-state index contributed by atoms with van der Waals surface area (Å²) >= 11 is 0. The van der Waals surface area contributed by atoms with E-state index in [1.807, 2.05) is 0 Å². The van der Waals surface area contributed by atoms with Crippen molar-refractivity contribution in [2.45, 2.75) is 30.3 Å². The Morgan fingerprint density at radius 1 is 0.912 bits per heavy atom. The van der Waals surface area contributed by atoms with Gasteiger partial charge in [-0.05, 0) is 54.7 Å². The van der Waals surface area contributed by atoms with Crippen LogP contribution in [0.15, 0.2) is 47.4 Å². The van der Waals surface area contributed by atoms with E-state index in [1.54, 1.807) is 16.7 Å². The van der Waals surface area contributed by atoms with Crippen molar-refractivity contribution in [1.29, 1.82) is 0 Å². The van der Waals surface area contributed by atoms with Crippen molar-refractivity contribution < 1.29 is 37.4 Å². The van der Waals surface area contributed by atoms with E-state index in [0.717, 1.165) is 24.3 Å². The molecule has 2 aliphatic rings. The second kappa shape index (κ2) is 7.25. The van der Waals surface area contributed by atoms with Gasteiger partial charge < -0.3 is 9.80 Å².